The third-order valence-electron chi connectivity index (χ3n) is 5.52. The molecule has 0 bridgehead atoms. The molecule has 4 aromatic carbocycles. The highest BCUT2D eigenvalue weighted by Gasteiger charge is 2.17. The second-order valence-corrected chi connectivity index (χ2v) is 11.2. The third-order valence-corrected chi connectivity index (χ3v) is 8.13. The molecular formula is C28H24Br2O5S2. The molecular weight excluding hydrogens is 640 g/mol. The summed E-state index contributed by atoms with van der Waals surface area (Å²) in [5, 5.41) is 0. The number of benzene rings is 4. The molecule has 0 fully saturated rings. The van der Waals surface area contributed by atoms with E-state index < -0.39 is 0 Å². The molecule has 0 saturated carbocycles. The molecule has 0 heterocycles. The summed E-state index contributed by atoms with van der Waals surface area (Å²) in [5.74, 6) is 2.98. The molecule has 0 atom stereocenters. The number of hydrogen-bond donors (Lipinski definition) is 0. The lowest BCUT2D eigenvalue weighted by Gasteiger charge is -2.15. The Morgan fingerprint density at radius 2 is 0.919 bits per heavy atom. The third kappa shape index (κ3) is 6.59. The van der Waals surface area contributed by atoms with E-state index in [9.17, 15) is 0 Å². The van der Waals surface area contributed by atoms with Crippen molar-refractivity contribution in [3.8, 4) is 45.3 Å². The van der Waals surface area contributed by atoms with Crippen LogP contribution in [0.5, 0.6) is 23.0 Å². The fourth-order valence-electron chi connectivity index (χ4n) is 3.71. The molecule has 37 heavy (non-hydrogen) atoms. The van der Waals surface area contributed by atoms with E-state index in [0.717, 1.165) is 64.0 Å². The Morgan fingerprint density at radius 3 is 1.30 bits per heavy atom. The van der Waals surface area contributed by atoms with Gasteiger partial charge < -0.3 is 18.9 Å². The highest BCUT2D eigenvalue weighted by Crippen LogP contribution is 2.45. The lowest BCUT2D eigenvalue weighted by atomic mass is 10.0. The number of halogens is 2. The first kappa shape index (κ1) is 27.7. The molecule has 4 rings (SSSR count). The Hall–Kier alpha value is -2.30. The number of hydrogen-bond acceptors (Lipinski definition) is 7. The lowest BCUT2D eigenvalue weighted by Crippen LogP contribution is -1.92. The molecule has 0 saturated heterocycles. The Morgan fingerprint density at radius 1 is 0.486 bits per heavy atom. The van der Waals surface area contributed by atoms with Gasteiger partial charge in [0, 0.05) is 65.1 Å². The first-order chi connectivity index (χ1) is 18.0. The van der Waals surface area contributed by atoms with Gasteiger partial charge in [-0.25, -0.2) is 3.63 Å². The van der Waals surface area contributed by atoms with Crippen LogP contribution >= 0.6 is 55.9 Å². The molecule has 9 heteroatoms. The zero-order chi connectivity index (χ0) is 26.4. The predicted molar refractivity (Wildman–Crippen MR) is 158 cm³/mol. The molecule has 0 aliphatic heterocycles. The minimum absolute atomic E-state index is 0.744. The van der Waals surface area contributed by atoms with E-state index in [1.54, 1.807) is 28.4 Å². The number of ether oxygens (including phenoxy) is 4. The van der Waals surface area contributed by atoms with Gasteiger partial charge in [-0.1, -0.05) is 31.9 Å². The van der Waals surface area contributed by atoms with Crippen LogP contribution < -0.4 is 18.9 Å². The van der Waals surface area contributed by atoms with Gasteiger partial charge in [0.2, 0.25) is 0 Å². The standard InChI is InChI=1S/C28H24Br2O5S2/c1-31-19-7-9-25(33-3)21(15-19)23-13-17(29)5-11-27(23)36-35-37-28-12-6-18(30)14-24(28)22-16-20(32-2)8-10-26(22)34-4/h5-16H,1-4H3. The van der Waals surface area contributed by atoms with E-state index in [4.69, 9.17) is 22.6 Å². The van der Waals surface area contributed by atoms with Gasteiger partial charge in [-0.05, 0) is 72.8 Å². The second kappa shape index (κ2) is 13.0. The van der Waals surface area contributed by atoms with E-state index >= 15 is 0 Å². The minimum atomic E-state index is 0.744. The SMILES string of the molecule is COc1ccc(OC)c(-c2cc(Br)ccc2SOSc2ccc(Br)cc2-c2cc(OC)ccc2OC)c1. The summed E-state index contributed by atoms with van der Waals surface area (Å²) in [6, 6.07) is 23.5. The molecule has 0 aromatic heterocycles. The topological polar surface area (TPSA) is 46.2 Å². The van der Waals surface area contributed by atoms with Crippen LogP contribution in [0.15, 0.2) is 91.5 Å². The van der Waals surface area contributed by atoms with Crippen molar-refractivity contribution in [2.45, 2.75) is 9.79 Å². The van der Waals surface area contributed by atoms with Gasteiger partial charge in [-0.3, -0.25) is 0 Å². The van der Waals surface area contributed by atoms with E-state index in [-0.39, 0.29) is 0 Å². The first-order valence-corrected chi connectivity index (χ1v) is 14.1. The zero-order valence-corrected chi connectivity index (χ0v) is 25.3. The van der Waals surface area contributed by atoms with Crippen LogP contribution in [-0.2, 0) is 3.63 Å². The molecule has 4 aromatic rings. The van der Waals surface area contributed by atoms with Crippen molar-refractivity contribution < 1.29 is 22.6 Å². The molecule has 0 aliphatic carbocycles. The van der Waals surface area contributed by atoms with Gasteiger partial charge in [0.15, 0.2) is 0 Å². The Balaban J connectivity index is 1.65. The smallest absolute Gasteiger partial charge is 0.126 e. The normalized spacial score (nSPS) is 10.8. The minimum Gasteiger partial charge on any atom is -0.497 e. The first-order valence-electron chi connectivity index (χ1n) is 11.0. The van der Waals surface area contributed by atoms with Gasteiger partial charge in [-0.2, -0.15) is 0 Å². The Labute approximate surface area is 242 Å². The van der Waals surface area contributed by atoms with Crippen molar-refractivity contribution in [3.05, 3.63) is 81.7 Å². The fraction of sp³-hybridized carbons (Fsp3) is 0.143. The fourth-order valence-corrected chi connectivity index (χ4v) is 5.92. The van der Waals surface area contributed by atoms with Crippen LogP contribution in [-0.4, -0.2) is 28.4 Å². The molecule has 0 N–H and O–H groups in total. The average molecular weight is 664 g/mol. The molecule has 0 aliphatic rings. The highest BCUT2D eigenvalue weighted by molar-refractivity contribution is 9.10. The van der Waals surface area contributed by atoms with E-state index in [1.165, 1.54) is 24.1 Å². The monoisotopic (exact) mass is 662 g/mol. The lowest BCUT2D eigenvalue weighted by molar-refractivity contribution is 0.404. The van der Waals surface area contributed by atoms with Gasteiger partial charge in [0.1, 0.15) is 23.0 Å². The quantitative estimate of drug-likeness (QED) is 0.157. The van der Waals surface area contributed by atoms with Crippen molar-refractivity contribution in [1.82, 2.24) is 0 Å². The van der Waals surface area contributed by atoms with Crippen molar-refractivity contribution in [3.63, 3.8) is 0 Å². The largest absolute Gasteiger partial charge is 0.497 e. The number of rotatable bonds is 10. The van der Waals surface area contributed by atoms with E-state index in [0.29, 0.717) is 0 Å². The summed E-state index contributed by atoms with van der Waals surface area (Å²) in [6.07, 6.45) is 0. The van der Waals surface area contributed by atoms with Crippen molar-refractivity contribution in [1.29, 1.82) is 0 Å². The predicted octanol–water partition coefficient (Wildman–Crippen LogP) is 9.31. The van der Waals surface area contributed by atoms with Crippen LogP contribution in [0.1, 0.15) is 0 Å². The Kier molecular flexibility index (Phi) is 9.72. The van der Waals surface area contributed by atoms with Crippen LogP contribution in [0.2, 0.25) is 0 Å². The van der Waals surface area contributed by atoms with Gasteiger partial charge in [0.25, 0.3) is 0 Å². The van der Waals surface area contributed by atoms with Crippen LogP contribution in [0.3, 0.4) is 0 Å². The number of methoxy groups -OCH3 is 4. The van der Waals surface area contributed by atoms with Crippen LogP contribution in [0, 0.1) is 0 Å². The summed E-state index contributed by atoms with van der Waals surface area (Å²) in [7, 11) is 6.61. The van der Waals surface area contributed by atoms with Crippen LogP contribution in [0.4, 0.5) is 0 Å². The van der Waals surface area contributed by atoms with Crippen LogP contribution in [0.25, 0.3) is 22.3 Å². The summed E-state index contributed by atoms with van der Waals surface area (Å²) in [6.45, 7) is 0. The maximum Gasteiger partial charge on any atom is 0.126 e. The molecule has 0 unspecified atom stereocenters. The maximum absolute atomic E-state index is 6.13. The molecule has 5 nitrogen and oxygen atoms in total. The van der Waals surface area contributed by atoms with E-state index in [2.05, 4.69) is 31.9 Å². The summed E-state index contributed by atoms with van der Waals surface area (Å²) >= 11 is 9.75. The van der Waals surface area contributed by atoms with Crippen molar-refractivity contribution in [2.75, 3.05) is 28.4 Å². The maximum atomic E-state index is 6.13. The van der Waals surface area contributed by atoms with E-state index in [1.807, 2.05) is 72.8 Å². The molecule has 0 spiro atoms. The summed E-state index contributed by atoms with van der Waals surface area (Å²) in [4.78, 5) is 1.86. The van der Waals surface area contributed by atoms with Gasteiger partial charge >= 0.3 is 0 Å². The second-order valence-electron chi connectivity index (χ2n) is 7.65. The molecule has 0 amide bonds. The summed E-state index contributed by atoms with van der Waals surface area (Å²) in [5.41, 5.74) is 3.73. The zero-order valence-electron chi connectivity index (χ0n) is 20.5. The van der Waals surface area contributed by atoms with Gasteiger partial charge in [-0.15, -0.1) is 0 Å². The molecule has 192 valence electrons. The van der Waals surface area contributed by atoms with Gasteiger partial charge in [0.05, 0.1) is 28.4 Å². The van der Waals surface area contributed by atoms with Crippen molar-refractivity contribution >= 4 is 55.9 Å². The highest BCUT2D eigenvalue weighted by atomic mass is 79.9. The molecule has 0 radical (unpaired) electrons. The average Bonchev–Trinajstić information content (AvgIpc) is 2.93. The summed E-state index contributed by atoms with van der Waals surface area (Å²) < 4.78 is 30.2. The van der Waals surface area contributed by atoms with Crippen molar-refractivity contribution in [2.24, 2.45) is 0 Å². The Bertz CT molecular complexity index is 1290.